The van der Waals surface area contributed by atoms with Crippen molar-refractivity contribution < 1.29 is 19.1 Å². The van der Waals surface area contributed by atoms with Gasteiger partial charge in [-0.3, -0.25) is 14.4 Å². The number of fused-ring (bicyclic) bond motifs is 1. The number of rotatable bonds is 1. The van der Waals surface area contributed by atoms with Crippen molar-refractivity contribution >= 4 is 40.6 Å². The van der Waals surface area contributed by atoms with Crippen molar-refractivity contribution in [2.75, 3.05) is 0 Å². The molecule has 4 nitrogen and oxygen atoms in total. The van der Waals surface area contributed by atoms with Crippen molar-refractivity contribution in [1.82, 2.24) is 0 Å². The molecule has 1 saturated carbocycles. The fraction of sp³-hybridized carbons (Fsp3) is 0.522. The van der Waals surface area contributed by atoms with E-state index in [0.29, 0.717) is 58.4 Å². The summed E-state index contributed by atoms with van der Waals surface area (Å²) in [6, 6.07) is 3.25. The van der Waals surface area contributed by atoms with Gasteiger partial charge >= 0.3 is 0 Å². The lowest BCUT2D eigenvalue weighted by Gasteiger charge is -2.42. The number of hydrogen-bond acceptors (Lipinski definition) is 4. The molecule has 1 heterocycles. The Balaban J connectivity index is 1.92. The summed E-state index contributed by atoms with van der Waals surface area (Å²) in [6.07, 6.45) is 1.48. The highest BCUT2D eigenvalue weighted by atomic mass is 35.5. The van der Waals surface area contributed by atoms with Crippen LogP contribution in [-0.4, -0.2) is 17.3 Å². The summed E-state index contributed by atoms with van der Waals surface area (Å²) >= 11 is 12.7. The van der Waals surface area contributed by atoms with E-state index in [1.54, 1.807) is 12.1 Å². The molecular formula is C23H24Cl2O4. The van der Waals surface area contributed by atoms with Crippen LogP contribution in [0, 0.1) is 16.7 Å². The molecule has 0 amide bonds. The molecule has 1 unspecified atom stereocenters. The van der Waals surface area contributed by atoms with Gasteiger partial charge in [-0.25, -0.2) is 0 Å². The van der Waals surface area contributed by atoms with Gasteiger partial charge in [-0.05, 0) is 23.0 Å². The predicted octanol–water partition coefficient (Wildman–Crippen LogP) is 5.69. The SMILES string of the molecule is CC1(C)CC(=O)C(C2C3=C(CC(C)(C)CC3=O)Oc3c(Cl)cc(Cl)cc32)C(=O)C1. The fourth-order valence-corrected chi connectivity index (χ4v) is 5.58. The second kappa shape index (κ2) is 6.68. The highest BCUT2D eigenvalue weighted by Gasteiger charge is 2.51. The Labute approximate surface area is 180 Å². The van der Waals surface area contributed by atoms with Crippen molar-refractivity contribution in [1.29, 1.82) is 0 Å². The molecule has 1 atom stereocenters. The number of Topliss-reactive ketones (excluding diaryl/α,β-unsaturated/α-hetero) is 3. The third kappa shape index (κ3) is 3.55. The van der Waals surface area contributed by atoms with Crippen molar-refractivity contribution in [3.05, 3.63) is 39.1 Å². The maximum atomic E-state index is 13.2. The average molecular weight is 435 g/mol. The van der Waals surface area contributed by atoms with Gasteiger partial charge in [0.25, 0.3) is 0 Å². The molecule has 0 saturated heterocycles. The number of halogens is 2. The van der Waals surface area contributed by atoms with Crippen LogP contribution in [0.4, 0.5) is 0 Å². The summed E-state index contributed by atoms with van der Waals surface area (Å²) in [4.78, 5) is 39.5. The Bertz CT molecular complexity index is 967. The summed E-state index contributed by atoms with van der Waals surface area (Å²) in [5, 5.41) is 0.696. The molecular weight excluding hydrogens is 411 g/mol. The lowest BCUT2D eigenvalue weighted by molar-refractivity contribution is -0.140. The lowest BCUT2D eigenvalue weighted by Crippen LogP contribution is -2.44. The zero-order valence-electron chi connectivity index (χ0n) is 17.0. The van der Waals surface area contributed by atoms with Crippen LogP contribution in [-0.2, 0) is 14.4 Å². The molecule has 1 aliphatic heterocycles. The van der Waals surface area contributed by atoms with E-state index < -0.39 is 11.8 Å². The summed E-state index contributed by atoms with van der Waals surface area (Å²) in [5.41, 5.74) is 0.363. The van der Waals surface area contributed by atoms with Gasteiger partial charge in [0.05, 0.1) is 10.9 Å². The first kappa shape index (κ1) is 20.6. The van der Waals surface area contributed by atoms with E-state index in [1.807, 2.05) is 27.7 Å². The maximum absolute atomic E-state index is 13.2. The number of hydrogen-bond donors (Lipinski definition) is 0. The van der Waals surface area contributed by atoms with Gasteiger partial charge in [0, 0.05) is 47.8 Å². The molecule has 1 aromatic rings. The fourth-order valence-electron chi connectivity index (χ4n) is 5.04. The molecule has 0 spiro atoms. The molecule has 6 heteroatoms. The van der Waals surface area contributed by atoms with E-state index in [-0.39, 0.29) is 28.2 Å². The van der Waals surface area contributed by atoms with Gasteiger partial charge in [0.15, 0.2) is 5.78 Å². The Morgan fingerprint density at radius 1 is 0.862 bits per heavy atom. The van der Waals surface area contributed by atoms with Gasteiger partial charge in [-0.15, -0.1) is 0 Å². The van der Waals surface area contributed by atoms with E-state index in [4.69, 9.17) is 27.9 Å². The lowest BCUT2D eigenvalue weighted by atomic mass is 9.62. The molecule has 29 heavy (non-hydrogen) atoms. The zero-order valence-corrected chi connectivity index (χ0v) is 18.5. The summed E-state index contributed by atoms with van der Waals surface area (Å²) < 4.78 is 6.11. The topological polar surface area (TPSA) is 60.4 Å². The van der Waals surface area contributed by atoms with Crippen molar-refractivity contribution in [3.63, 3.8) is 0 Å². The molecule has 1 aromatic carbocycles. The van der Waals surface area contributed by atoms with Crippen molar-refractivity contribution in [2.45, 2.75) is 59.3 Å². The average Bonchev–Trinajstić information content (AvgIpc) is 2.52. The minimum absolute atomic E-state index is 0.0755. The van der Waals surface area contributed by atoms with Gasteiger partial charge in [-0.1, -0.05) is 50.9 Å². The number of benzene rings is 1. The van der Waals surface area contributed by atoms with Gasteiger partial charge in [0.1, 0.15) is 23.1 Å². The molecule has 2 aliphatic carbocycles. The Hall–Kier alpha value is -1.65. The standard InChI is InChI=1S/C23H24Cl2O4/c1-22(2)7-14(26)19(15(27)8-22)18-12-5-11(24)6-13(25)21(12)29-17-10-23(3,4)9-16(28)20(17)18/h5-6,18-19H,7-10H2,1-4H3. The van der Waals surface area contributed by atoms with E-state index in [1.165, 1.54) is 0 Å². The number of ether oxygens (including phenoxy) is 1. The number of ketones is 3. The Morgan fingerprint density at radius 2 is 1.45 bits per heavy atom. The first-order valence-electron chi connectivity index (χ1n) is 9.87. The highest BCUT2D eigenvalue weighted by Crippen LogP contribution is 2.54. The zero-order chi connectivity index (χ0) is 21.3. The van der Waals surface area contributed by atoms with E-state index in [0.717, 1.165) is 0 Å². The number of carbonyl (C=O) groups excluding carboxylic acids is 3. The van der Waals surface area contributed by atoms with Gasteiger partial charge in [0.2, 0.25) is 0 Å². The third-order valence-corrected chi connectivity index (χ3v) is 6.62. The van der Waals surface area contributed by atoms with Crippen molar-refractivity contribution in [3.8, 4) is 5.75 Å². The second-order valence-electron chi connectivity index (χ2n) is 10.1. The first-order chi connectivity index (χ1) is 13.4. The monoisotopic (exact) mass is 434 g/mol. The van der Waals surface area contributed by atoms with Crippen LogP contribution in [0.5, 0.6) is 5.75 Å². The van der Waals surface area contributed by atoms with E-state index in [2.05, 4.69) is 0 Å². The van der Waals surface area contributed by atoms with E-state index in [9.17, 15) is 14.4 Å². The second-order valence-corrected chi connectivity index (χ2v) is 10.9. The number of allylic oxidation sites excluding steroid dienone is 2. The first-order valence-corrected chi connectivity index (χ1v) is 10.6. The maximum Gasteiger partial charge on any atom is 0.163 e. The molecule has 0 radical (unpaired) electrons. The quantitative estimate of drug-likeness (QED) is 0.532. The molecule has 154 valence electrons. The van der Waals surface area contributed by atoms with Crippen molar-refractivity contribution in [2.24, 2.45) is 16.7 Å². The molecule has 3 aliphatic rings. The highest BCUT2D eigenvalue weighted by molar-refractivity contribution is 6.35. The molecule has 4 rings (SSSR count). The minimum atomic E-state index is -0.907. The van der Waals surface area contributed by atoms with Crippen LogP contribution in [0.15, 0.2) is 23.5 Å². The minimum Gasteiger partial charge on any atom is -0.459 e. The molecule has 0 aromatic heterocycles. The van der Waals surface area contributed by atoms with Crippen LogP contribution in [0.2, 0.25) is 10.0 Å². The molecule has 0 bridgehead atoms. The summed E-state index contributed by atoms with van der Waals surface area (Å²) in [5.74, 6) is -1.02. The predicted molar refractivity (Wildman–Crippen MR) is 111 cm³/mol. The normalized spacial score (nSPS) is 26.1. The van der Waals surface area contributed by atoms with Crippen LogP contribution >= 0.6 is 23.2 Å². The summed E-state index contributed by atoms with van der Waals surface area (Å²) in [7, 11) is 0. The molecule has 0 N–H and O–H groups in total. The Morgan fingerprint density at radius 3 is 2.07 bits per heavy atom. The van der Waals surface area contributed by atoms with E-state index >= 15 is 0 Å². The summed E-state index contributed by atoms with van der Waals surface area (Å²) in [6.45, 7) is 7.85. The van der Waals surface area contributed by atoms with Crippen LogP contribution in [0.25, 0.3) is 0 Å². The van der Waals surface area contributed by atoms with Crippen LogP contribution in [0.3, 0.4) is 0 Å². The molecule has 1 fully saturated rings. The van der Waals surface area contributed by atoms with Crippen LogP contribution < -0.4 is 4.74 Å². The Kier molecular flexibility index (Phi) is 4.75. The van der Waals surface area contributed by atoms with Gasteiger partial charge < -0.3 is 4.74 Å². The third-order valence-electron chi connectivity index (χ3n) is 6.12. The van der Waals surface area contributed by atoms with Crippen LogP contribution in [0.1, 0.15) is 64.9 Å². The largest absolute Gasteiger partial charge is 0.459 e. The smallest absolute Gasteiger partial charge is 0.163 e. The number of carbonyl (C=O) groups is 3. The van der Waals surface area contributed by atoms with Gasteiger partial charge in [-0.2, -0.15) is 0 Å².